The maximum absolute atomic E-state index is 12.6. The smallest absolute Gasteiger partial charge is 0.237 e. The molecule has 3 rings (SSSR count). The standard InChI is InChI=1S/C15H13Br2NO4/c16-10-5-8-9(6-11(10)17)14(20)18(13(8)19)12-4-2-1-3-7(12)15(21)22/h1-4,8-11H,5-6H2,(H,21,22)/p-1. The second kappa shape index (κ2) is 5.77. The van der Waals surface area contributed by atoms with Gasteiger partial charge in [-0.15, -0.1) is 0 Å². The molecule has 1 aliphatic carbocycles. The summed E-state index contributed by atoms with van der Waals surface area (Å²) in [4.78, 5) is 37.7. The van der Waals surface area contributed by atoms with Crippen LogP contribution in [0.3, 0.4) is 0 Å². The van der Waals surface area contributed by atoms with Crippen molar-refractivity contribution in [3.8, 4) is 0 Å². The number of hydrogen-bond acceptors (Lipinski definition) is 4. The van der Waals surface area contributed by atoms with E-state index in [1.807, 2.05) is 0 Å². The summed E-state index contributed by atoms with van der Waals surface area (Å²) in [6.07, 6.45) is 1.10. The highest BCUT2D eigenvalue weighted by Gasteiger charge is 2.52. The summed E-state index contributed by atoms with van der Waals surface area (Å²) in [5.74, 6) is -2.86. The highest BCUT2D eigenvalue weighted by molar-refractivity contribution is 9.12. The minimum atomic E-state index is -1.40. The summed E-state index contributed by atoms with van der Waals surface area (Å²) in [6, 6.07) is 5.95. The maximum atomic E-state index is 12.6. The fourth-order valence-electron chi connectivity index (χ4n) is 3.17. The minimum absolute atomic E-state index is 0.101. The number of halogens is 2. The molecule has 0 bridgehead atoms. The summed E-state index contributed by atoms with van der Waals surface area (Å²) in [5, 5.41) is 11.2. The van der Waals surface area contributed by atoms with Crippen LogP contribution in [0.2, 0.25) is 0 Å². The van der Waals surface area contributed by atoms with E-state index >= 15 is 0 Å². The van der Waals surface area contributed by atoms with E-state index in [2.05, 4.69) is 31.9 Å². The minimum Gasteiger partial charge on any atom is -0.545 e. The number of imide groups is 1. The number of carboxylic acid groups (broad SMARTS) is 1. The van der Waals surface area contributed by atoms with Gasteiger partial charge in [-0.2, -0.15) is 0 Å². The Balaban J connectivity index is 2.01. The molecule has 2 aliphatic rings. The van der Waals surface area contributed by atoms with Gasteiger partial charge in [-0.3, -0.25) is 9.59 Å². The van der Waals surface area contributed by atoms with Gasteiger partial charge in [-0.1, -0.05) is 50.1 Å². The molecule has 0 N–H and O–H groups in total. The lowest BCUT2D eigenvalue weighted by molar-refractivity contribution is -0.254. The first-order valence-corrected chi connectivity index (χ1v) is 8.71. The fourth-order valence-corrected chi connectivity index (χ4v) is 4.41. The van der Waals surface area contributed by atoms with Crippen LogP contribution in [0.5, 0.6) is 0 Å². The molecule has 0 spiro atoms. The second-order valence-corrected chi connectivity index (χ2v) is 7.89. The number of para-hydroxylation sites is 1. The highest BCUT2D eigenvalue weighted by atomic mass is 79.9. The van der Waals surface area contributed by atoms with E-state index in [1.165, 1.54) is 18.2 Å². The normalized spacial score (nSPS) is 31.3. The van der Waals surface area contributed by atoms with Gasteiger partial charge >= 0.3 is 0 Å². The molecule has 0 radical (unpaired) electrons. The van der Waals surface area contributed by atoms with Gasteiger partial charge in [-0.25, -0.2) is 4.90 Å². The van der Waals surface area contributed by atoms with Gasteiger partial charge in [0, 0.05) is 15.2 Å². The van der Waals surface area contributed by atoms with E-state index in [0.717, 1.165) is 4.90 Å². The van der Waals surface area contributed by atoms with Gasteiger partial charge in [0.1, 0.15) is 0 Å². The van der Waals surface area contributed by atoms with Gasteiger partial charge in [-0.05, 0) is 18.9 Å². The van der Waals surface area contributed by atoms with Gasteiger partial charge in [0.25, 0.3) is 0 Å². The third kappa shape index (κ3) is 2.40. The third-order valence-electron chi connectivity index (χ3n) is 4.28. The molecular formula is C15H12Br2NO4-. The van der Waals surface area contributed by atoms with Crippen LogP contribution in [0.4, 0.5) is 5.69 Å². The van der Waals surface area contributed by atoms with Crippen LogP contribution in [-0.4, -0.2) is 27.4 Å². The predicted octanol–water partition coefficient (Wildman–Crippen LogP) is 1.48. The summed E-state index contributed by atoms with van der Waals surface area (Å²) in [6.45, 7) is 0. The molecule has 1 aromatic carbocycles. The molecule has 1 heterocycles. The van der Waals surface area contributed by atoms with E-state index in [9.17, 15) is 19.5 Å². The zero-order valence-electron chi connectivity index (χ0n) is 11.4. The van der Waals surface area contributed by atoms with Gasteiger partial charge in [0.05, 0.1) is 23.5 Å². The fraction of sp³-hybridized carbons (Fsp3) is 0.400. The van der Waals surface area contributed by atoms with Gasteiger partial charge < -0.3 is 9.90 Å². The van der Waals surface area contributed by atoms with Crippen LogP contribution in [0.25, 0.3) is 0 Å². The van der Waals surface area contributed by atoms with Crippen molar-refractivity contribution in [2.45, 2.75) is 22.5 Å². The van der Waals surface area contributed by atoms with E-state index in [4.69, 9.17) is 0 Å². The van der Waals surface area contributed by atoms with E-state index in [0.29, 0.717) is 12.8 Å². The number of aromatic carboxylic acids is 1. The maximum Gasteiger partial charge on any atom is 0.237 e. The molecular weight excluding hydrogens is 418 g/mol. The van der Waals surface area contributed by atoms with Crippen LogP contribution >= 0.6 is 31.9 Å². The number of fused-ring (bicyclic) bond motifs is 1. The Morgan fingerprint density at radius 2 is 1.55 bits per heavy atom. The van der Waals surface area contributed by atoms with Crippen LogP contribution < -0.4 is 10.0 Å². The number of benzene rings is 1. The molecule has 5 nitrogen and oxygen atoms in total. The Labute approximate surface area is 143 Å². The zero-order valence-corrected chi connectivity index (χ0v) is 14.5. The predicted molar refractivity (Wildman–Crippen MR) is 84.9 cm³/mol. The van der Waals surface area contributed by atoms with Crippen molar-refractivity contribution in [3.05, 3.63) is 29.8 Å². The van der Waals surface area contributed by atoms with Crippen molar-refractivity contribution in [2.75, 3.05) is 4.90 Å². The number of carbonyl (C=O) groups is 3. The molecule has 4 atom stereocenters. The van der Waals surface area contributed by atoms with E-state index < -0.39 is 17.8 Å². The molecule has 1 aromatic rings. The topological polar surface area (TPSA) is 77.5 Å². The van der Waals surface area contributed by atoms with Crippen molar-refractivity contribution in [3.63, 3.8) is 0 Å². The Kier molecular flexibility index (Phi) is 4.11. The molecule has 7 heteroatoms. The number of hydrogen-bond donors (Lipinski definition) is 0. The Bertz CT molecular complexity index is 635. The van der Waals surface area contributed by atoms with Crippen molar-refractivity contribution < 1.29 is 19.5 Å². The van der Waals surface area contributed by atoms with Gasteiger partial charge in [0.2, 0.25) is 11.8 Å². The molecule has 0 aromatic heterocycles. The number of amides is 2. The Hall–Kier alpha value is -1.21. The average Bonchev–Trinajstić information content (AvgIpc) is 2.71. The molecule has 1 saturated heterocycles. The number of carbonyl (C=O) groups excluding carboxylic acids is 3. The average molecular weight is 430 g/mol. The first-order valence-electron chi connectivity index (χ1n) is 6.88. The van der Waals surface area contributed by atoms with E-state index in [-0.39, 0.29) is 32.7 Å². The Morgan fingerprint density at radius 1 is 1.05 bits per heavy atom. The first kappa shape index (κ1) is 15.7. The molecule has 2 amide bonds. The summed E-state index contributed by atoms with van der Waals surface area (Å²) < 4.78 is 0. The monoisotopic (exact) mass is 428 g/mol. The molecule has 4 unspecified atom stereocenters. The third-order valence-corrected chi connectivity index (χ3v) is 7.01. The number of rotatable bonds is 2. The van der Waals surface area contributed by atoms with Crippen LogP contribution in [0.15, 0.2) is 24.3 Å². The zero-order chi connectivity index (χ0) is 16.0. The molecule has 2 fully saturated rings. The SMILES string of the molecule is O=C([O-])c1ccccc1N1C(=O)C2CC(Br)C(Br)CC2C1=O. The number of carboxylic acids is 1. The van der Waals surface area contributed by atoms with Crippen LogP contribution in [-0.2, 0) is 9.59 Å². The van der Waals surface area contributed by atoms with Crippen molar-refractivity contribution >= 4 is 55.3 Å². The van der Waals surface area contributed by atoms with Crippen LogP contribution in [0, 0.1) is 11.8 Å². The molecule has 1 saturated carbocycles. The van der Waals surface area contributed by atoms with Crippen molar-refractivity contribution in [2.24, 2.45) is 11.8 Å². The molecule has 1 aliphatic heterocycles. The summed E-state index contributed by atoms with van der Waals surface area (Å²) in [5.41, 5.74) is -0.0437. The second-order valence-electron chi connectivity index (χ2n) is 5.53. The highest BCUT2D eigenvalue weighted by Crippen LogP contribution is 2.44. The lowest BCUT2D eigenvalue weighted by atomic mass is 9.81. The summed E-state index contributed by atoms with van der Waals surface area (Å²) in [7, 11) is 0. The number of anilines is 1. The Morgan fingerprint density at radius 3 is 2.05 bits per heavy atom. The molecule has 22 heavy (non-hydrogen) atoms. The largest absolute Gasteiger partial charge is 0.545 e. The number of nitrogens with zero attached hydrogens (tertiary/aromatic N) is 1. The van der Waals surface area contributed by atoms with Crippen molar-refractivity contribution in [1.29, 1.82) is 0 Å². The van der Waals surface area contributed by atoms with Crippen molar-refractivity contribution in [1.82, 2.24) is 0 Å². The lowest BCUT2D eigenvalue weighted by Crippen LogP contribution is -2.34. The van der Waals surface area contributed by atoms with E-state index in [1.54, 1.807) is 6.07 Å². The lowest BCUT2D eigenvalue weighted by Gasteiger charge is -2.29. The number of alkyl halides is 2. The quantitative estimate of drug-likeness (QED) is 0.527. The van der Waals surface area contributed by atoms with Gasteiger partial charge in [0.15, 0.2) is 0 Å². The summed E-state index contributed by atoms with van der Waals surface area (Å²) >= 11 is 7.04. The first-order chi connectivity index (χ1) is 10.4. The van der Waals surface area contributed by atoms with Crippen LogP contribution in [0.1, 0.15) is 23.2 Å². The molecule has 116 valence electrons.